The molecule has 0 radical (unpaired) electrons. The molecule has 2 heteroatoms. The fraction of sp³-hybridized carbons (Fsp3) is 0.636. The van der Waals surface area contributed by atoms with Gasteiger partial charge in [0.15, 0.2) is 0 Å². The van der Waals surface area contributed by atoms with Crippen molar-refractivity contribution in [1.82, 2.24) is 0 Å². The molecule has 5 rings (SSSR count). The van der Waals surface area contributed by atoms with Crippen LogP contribution in [0.15, 0.2) is 34.4 Å². The van der Waals surface area contributed by atoms with Crippen molar-refractivity contribution in [2.45, 2.75) is 71.6 Å². The van der Waals surface area contributed by atoms with Crippen LogP contribution in [0, 0.1) is 16.2 Å². The average molecular weight is 322 g/mol. The molecule has 2 saturated carbocycles. The summed E-state index contributed by atoms with van der Waals surface area (Å²) in [6.45, 7) is 4.70. The molecule has 5 aliphatic rings. The van der Waals surface area contributed by atoms with Gasteiger partial charge in [-0.2, -0.15) is 0 Å². The molecule has 1 unspecified atom stereocenters. The van der Waals surface area contributed by atoms with Gasteiger partial charge in [-0.3, -0.25) is 9.59 Å². The first kappa shape index (κ1) is 14.9. The lowest BCUT2D eigenvalue weighted by atomic mass is 9.53. The van der Waals surface area contributed by atoms with E-state index in [-0.39, 0.29) is 16.2 Å². The Morgan fingerprint density at radius 3 is 2.62 bits per heavy atom. The number of carbonyl (C=O) groups excluding carboxylic acids is 2. The van der Waals surface area contributed by atoms with Gasteiger partial charge in [0, 0.05) is 24.7 Å². The molecule has 126 valence electrons. The van der Waals surface area contributed by atoms with Crippen molar-refractivity contribution in [3.63, 3.8) is 0 Å². The molecule has 0 bridgehead atoms. The van der Waals surface area contributed by atoms with Crippen molar-refractivity contribution in [1.29, 1.82) is 0 Å². The van der Waals surface area contributed by atoms with E-state index in [1.54, 1.807) is 5.57 Å². The molecule has 3 atom stereocenters. The maximum atomic E-state index is 13.0. The molecule has 2 nitrogen and oxygen atoms in total. The molecule has 0 N–H and O–H groups in total. The number of hydrogen-bond donors (Lipinski definition) is 0. The number of fused-ring (bicyclic) bond motifs is 3. The maximum Gasteiger partial charge on any atom is 0.143 e. The molecule has 0 amide bonds. The van der Waals surface area contributed by atoms with Crippen LogP contribution in [0.25, 0.3) is 0 Å². The van der Waals surface area contributed by atoms with Crippen LogP contribution in [-0.4, -0.2) is 11.6 Å². The fourth-order valence-electron chi connectivity index (χ4n) is 6.74. The quantitative estimate of drug-likeness (QED) is 0.597. The average Bonchev–Trinajstić information content (AvgIpc) is 2.99. The fourth-order valence-corrected chi connectivity index (χ4v) is 6.74. The highest BCUT2D eigenvalue weighted by molar-refractivity contribution is 5.94. The van der Waals surface area contributed by atoms with Gasteiger partial charge in [0.25, 0.3) is 0 Å². The first-order valence-corrected chi connectivity index (χ1v) is 9.59. The Balaban J connectivity index is 1.64. The van der Waals surface area contributed by atoms with Gasteiger partial charge in [-0.05, 0) is 55.1 Å². The monoisotopic (exact) mass is 322 g/mol. The molecule has 0 aliphatic heterocycles. The number of rotatable bonds is 0. The minimum atomic E-state index is -0.183. The summed E-state index contributed by atoms with van der Waals surface area (Å²) in [7, 11) is 0. The highest BCUT2D eigenvalue weighted by Gasteiger charge is 2.63. The van der Waals surface area contributed by atoms with Gasteiger partial charge >= 0.3 is 0 Å². The van der Waals surface area contributed by atoms with Crippen LogP contribution < -0.4 is 0 Å². The summed E-state index contributed by atoms with van der Waals surface area (Å²) in [5.74, 6) is 0.896. The molecule has 2 fully saturated rings. The Labute approximate surface area is 144 Å². The summed E-state index contributed by atoms with van der Waals surface area (Å²) in [4.78, 5) is 24.9. The van der Waals surface area contributed by atoms with E-state index in [2.05, 4.69) is 26.0 Å². The van der Waals surface area contributed by atoms with Crippen molar-refractivity contribution in [3.05, 3.63) is 34.4 Å². The third-order valence-electron chi connectivity index (χ3n) is 8.28. The Morgan fingerprint density at radius 2 is 1.79 bits per heavy atom. The zero-order valence-corrected chi connectivity index (χ0v) is 14.8. The van der Waals surface area contributed by atoms with E-state index < -0.39 is 0 Å². The molecule has 0 aromatic rings. The number of hydrogen-bond acceptors (Lipinski definition) is 2. The van der Waals surface area contributed by atoms with Gasteiger partial charge in [-0.25, -0.2) is 0 Å². The van der Waals surface area contributed by atoms with Crippen molar-refractivity contribution in [2.24, 2.45) is 16.2 Å². The van der Waals surface area contributed by atoms with Gasteiger partial charge in [0.2, 0.25) is 0 Å². The van der Waals surface area contributed by atoms with Crippen molar-refractivity contribution >= 4 is 11.6 Å². The van der Waals surface area contributed by atoms with Crippen LogP contribution in [0.1, 0.15) is 71.6 Å². The standard InChI is InChI=1S/C22H26O2/c1-20-9-6-18-16-4-3-14-13-15(23)5-11-21(14,2)17(16)7-12-22(18,20)19(24)8-10-20/h3,6H,4-5,7-13H2,1-2H3/t20-,21?,22+/m0/s1. The lowest BCUT2D eigenvalue weighted by Crippen LogP contribution is -2.43. The van der Waals surface area contributed by atoms with Crippen LogP contribution in [-0.2, 0) is 9.59 Å². The van der Waals surface area contributed by atoms with Gasteiger partial charge < -0.3 is 0 Å². The van der Waals surface area contributed by atoms with Crippen LogP contribution >= 0.6 is 0 Å². The summed E-state index contributed by atoms with van der Waals surface area (Å²) >= 11 is 0. The second-order valence-corrected chi connectivity index (χ2v) is 9.15. The summed E-state index contributed by atoms with van der Waals surface area (Å²) in [6, 6.07) is 0. The third-order valence-corrected chi connectivity index (χ3v) is 8.28. The highest BCUT2D eigenvalue weighted by Crippen LogP contribution is 2.69. The molecule has 5 aliphatic carbocycles. The normalized spacial score (nSPS) is 43.8. The van der Waals surface area contributed by atoms with Crippen LogP contribution in [0.4, 0.5) is 0 Å². The van der Waals surface area contributed by atoms with E-state index in [1.807, 2.05) is 0 Å². The van der Waals surface area contributed by atoms with Gasteiger partial charge in [-0.1, -0.05) is 37.1 Å². The van der Waals surface area contributed by atoms with E-state index in [1.165, 1.54) is 16.7 Å². The first-order valence-electron chi connectivity index (χ1n) is 9.59. The first-order chi connectivity index (χ1) is 11.4. The van der Waals surface area contributed by atoms with E-state index in [4.69, 9.17) is 0 Å². The van der Waals surface area contributed by atoms with Crippen molar-refractivity contribution in [2.75, 3.05) is 0 Å². The van der Waals surface area contributed by atoms with Crippen LogP contribution in [0.3, 0.4) is 0 Å². The van der Waals surface area contributed by atoms with Crippen LogP contribution in [0.2, 0.25) is 0 Å². The minimum absolute atomic E-state index is 0.0740. The summed E-state index contributed by atoms with van der Waals surface area (Å²) in [5, 5.41) is 0. The number of carbonyl (C=O) groups is 2. The SMILES string of the molecule is CC12CCC(=O)CC1=CCC1=C2CC[C@@]23C(=O)CC[C@]2(C)CC=C13. The second kappa shape index (κ2) is 4.39. The lowest BCUT2D eigenvalue weighted by Gasteiger charge is -2.50. The van der Waals surface area contributed by atoms with Crippen molar-refractivity contribution in [3.8, 4) is 0 Å². The third kappa shape index (κ3) is 1.49. The molecule has 0 aromatic heterocycles. The predicted octanol–water partition coefficient (Wildman–Crippen LogP) is 4.85. The zero-order valence-electron chi connectivity index (χ0n) is 14.8. The topological polar surface area (TPSA) is 34.1 Å². The molecular weight excluding hydrogens is 296 g/mol. The number of allylic oxidation sites excluding steroid dienone is 6. The molecule has 1 spiro atoms. The van der Waals surface area contributed by atoms with E-state index in [9.17, 15) is 9.59 Å². The van der Waals surface area contributed by atoms with Gasteiger partial charge in [-0.15, -0.1) is 0 Å². The van der Waals surface area contributed by atoms with Crippen LogP contribution in [0.5, 0.6) is 0 Å². The maximum absolute atomic E-state index is 13.0. The van der Waals surface area contributed by atoms with Gasteiger partial charge in [0.05, 0.1) is 5.41 Å². The summed E-state index contributed by atoms with van der Waals surface area (Å²) in [6.07, 6.45) is 12.9. The van der Waals surface area contributed by atoms with Gasteiger partial charge in [0.1, 0.15) is 11.6 Å². The smallest absolute Gasteiger partial charge is 0.143 e. The molecular formula is C22H26O2. The second-order valence-electron chi connectivity index (χ2n) is 9.15. The molecule has 0 saturated heterocycles. The minimum Gasteiger partial charge on any atom is -0.299 e. The molecule has 24 heavy (non-hydrogen) atoms. The molecule has 0 heterocycles. The Hall–Kier alpha value is -1.44. The summed E-state index contributed by atoms with van der Waals surface area (Å²) < 4.78 is 0. The lowest BCUT2D eigenvalue weighted by molar-refractivity contribution is -0.127. The zero-order chi connectivity index (χ0) is 16.7. The Morgan fingerprint density at radius 1 is 0.958 bits per heavy atom. The number of ketones is 2. The number of Topliss-reactive ketones (excluding diaryl/α,β-unsaturated/α-hetero) is 2. The van der Waals surface area contributed by atoms with E-state index in [0.29, 0.717) is 24.4 Å². The van der Waals surface area contributed by atoms with E-state index >= 15 is 0 Å². The largest absolute Gasteiger partial charge is 0.299 e. The van der Waals surface area contributed by atoms with E-state index in [0.717, 1.165) is 44.9 Å². The summed E-state index contributed by atoms with van der Waals surface area (Å²) in [5.41, 5.74) is 5.83. The van der Waals surface area contributed by atoms with Crippen molar-refractivity contribution < 1.29 is 9.59 Å². The molecule has 0 aromatic carbocycles. The highest BCUT2D eigenvalue weighted by atomic mass is 16.1. The Bertz CT molecular complexity index is 780. The predicted molar refractivity (Wildman–Crippen MR) is 93.4 cm³/mol. The Kier molecular flexibility index (Phi) is 2.72.